The van der Waals surface area contributed by atoms with Gasteiger partial charge >= 0.3 is 6.61 Å². The Morgan fingerprint density at radius 3 is 2.55 bits per heavy atom. The maximum Gasteiger partial charge on any atom is 0.387 e. The average molecular weight is 313 g/mol. The Bertz CT molecular complexity index is 514. The lowest BCUT2D eigenvalue weighted by atomic mass is 10.1. The first-order chi connectivity index (χ1) is 10.5. The van der Waals surface area contributed by atoms with Crippen LogP contribution < -0.4 is 14.8 Å². The molecule has 22 heavy (non-hydrogen) atoms. The van der Waals surface area contributed by atoms with Crippen LogP contribution in [0, 0.1) is 0 Å². The summed E-state index contributed by atoms with van der Waals surface area (Å²) >= 11 is 0. The van der Waals surface area contributed by atoms with Crippen molar-refractivity contribution in [2.75, 3.05) is 7.11 Å². The van der Waals surface area contributed by atoms with Crippen LogP contribution in [0.1, 0.15) is 32.3 Å². The standard InChI is InChI=1S/C16H21F2NO3/c1-4-12(5-2)19-14(20)10-9-11-7-6-8-13(21-3)15(11)22-16(17)18/h6-10,12,16H,4-5H2,1-3H3,(H,19,20). The van der Waals surface area contributed by atoms with Gasteiger partial charge in [-0.25, -0.2) is 0 Å². The molecular formula is C16H21F2NO3. The van der Waals surface area contributed by atoms with Crippen LogP contribution in [0.15, 0.2) is 24.3 Å². The fraction of sp³-hybridized carbons (Fsp3) is 0.438. The highest BCUT2D eigenvalue weighted by atomic mass is 19.3. The number of amides is 1. The number of carbonyl (C=O) groups is 1. The molecule has 1 aromatic rings. The molecule has 0 saturated heterocycles. The Morgan fingerprint density at radius 2 is 2.00 bits per heavy atom. The van der Waals surface area contributed by atoms with Crippen LogP contribution in [-0.4, -0.2) is 25.7 Å². The van der Waals surface area contributed by atoms with E-state index < -0.39 is 6.61 Å². The molecule has 1 rings (SSSR count). The second-order valence-electron chi connectivity index (χ2n) is 4.61. The van der Waals surface area contributed by atoms with E-state index in [9.17, 15) is 13.6 Å². The molecule has 0 fully saturated rings. The highest BCUT2D eigenvalue weighted by Crippen LogP contribution is 2.33. The summed E-state index contributed by atoms with van der Waals surface area (Å²) < 4.78 is 34.5. The Labute approximate surface area is 129 Å². The van der Waals surface area contributed by atoms with Crippen molar-refractivity contribution >= 4 is 12.0 Å². The number of halogens is 2. The number of alkyl halides is 2. The molecule has 6 heteroatoms. The molecule has 0 bridgehead atoms. The van der Waals surface area contributed by atoms with Crippen molar-refractivity contribution in [1.82, 2.24) is 5.32 Å². The van der Waals surface area contributed by atoms with E-state index in [0.29, 0.717) is 5.56 Å². The number of rotatable bonds is 8. The molecule has 122 valence electrons. The quantitative estimate of drug-likeness (QED) is 0.746. The minimum Gasteiger partial charge on any atom is -0.493 e. The number of benzene rings is 1. The van der Waals surface area contributed by atoms with E-state index in [1.54, 1.807) is 12.1 Å². The van der Waals surface area contributed by atoms with Crippen LogP contribution >= 0.6 is 0 Å². The lowest BCUT2D eigenvalue weighted by Gasteiger charge is -2.13. The Hall–Kier alpha value is -2.11. The summed E-state index contributed by atoms with van der Waals surface area (Å²) in [5.74, 6) is -0.186. The fourth-order valence-electron chi connectivity index (χ4n) is 1.95. The minimum absolute atomic E-state index is 0.0911. The predicted octanol–water partition coefficient (Wildman–Crippen LogP) is 3.61. The molecule has 0 aliphatic carbocycles. The Kier molecular flexibility index (Phi) is 7.36. The second-order valence-corrected chi connectivity index (χ2v) is 4.61. The lowest BCUT2D eigenvalue weighted by Crippen LogP contribution is -2.32. The van der Waals surface area contributed by atoms with Crippen LogP contribution in [-0.2, 0) is 4.79 Å². The van der Waals surface area contributed by atoms with Gasteiger partial charge in [0, 0.05) is 17.7 Å². The molecule has 1 aromatic carbocycles. The Balaban J connectivity index is 2.92. The van der Waals surface area contributed by atoms with E-state index in [-0.39, 0.29) is 23.4 Å². The highest BCUT2D eigenvalue weighted by Gasteiger charge is 2.14. The number of methoxy groups -OCH3 is 1. The maximum absolute atomic E-state index is 12.5. The van der Waals surface area contributed by atoms with Crippen LogP contribution in [0.5, 0.6) is 11.5 Å². The first-order valence-corrected chi connectivity index (χ1v) is 7.12. The first kappa shape index (κ1) is 17.9. The van der Waals surface area contributed by atoms with Crippen molar-refractivity contribution < 1.29 is 23.0 Å². The summed E-state index contributed by atoms with van der Waals surface area (Å²) in [6, 6.07) is 4.81. The van der Waals surface area contributed by atoms with Gasteiger partial charge in [-0.15, -0.1) is 0 Å². The van der Waals surface area contributed by atoms with Gasteiger partial charge in [0.1, 0.15) is 0 Å². The zero-order valence-electron chi connectivity index (χ0n) is 12.9. The largest absolute Gasteiger partial charge is 0.493 e. The van der Waals surface area contributed by atoms with Gasteiger partial charge in [-0.3, -0.25) is 4.79 Å². The normalized spacial score (nSPS) is 11.2. The molecule has 0 saturated carbocycles. The monoisotopic (exact) mass is 313 g/mol. The SMILES string of the molecule is CCC(CC)NC(=O)C=Cc1cccc(OC)c1OC(F)F. The van der Waals surface area contributed by atoms with Crippen molar-refractivity contribution in [3.05, 3.63) is 29.8 Å². The lowest BCUT2D eigenvalue weighted by molar-refractivity contribution is -0.117. The summed E-state index contributed by atoms with van der Waals surface area (Å²) in [6.45, 7) is 0.991. The molecule has 1 N–H and O–H groups in total. The van der Waals surface area contributed by atoms with Gasteiger partial charge in [-0.05, 0) is 25.0 Å². The Morgan fingerprint density at radius 1 is 1.32 bits per heavy atom. The van der Waals surface area contributed by atoms with Crippen LogP contribution in [0.4, 0.5) is 8.78 Å². The number of ether oxygens (including phenoxy) is 2. The molecule has 0 aliphatic heterocycles. The predicted molar refractivity (Wildman–Crippen MR) is 81.2 cm³/mol. The van der Waals surface area contributed by atoms with E-state index in [1.165, 1.54) is 25.3 Å². The molecule has 0 spiro atoms. The molecule has 4 nitrogen and oxygen atoms in total. The van der Waals surface area contributed by atoms with Crippen LogP contribution in [0.2, 0.25) is 0 Å². The summed E-state index contributed by atoms with van der Waals surface area (Å²) in [5.41, 5.74) is 0.347. The molecule has 0 heterocycles. The fourth-order valence-corrected chi connectivity index (χ4v) is 1.95. The van der Waals surface area contributed by atoms with Gasteiger partial charge in [0.25, 0.3) is 0 Å². The average Bonchev–Trinajstić information content (AvgIpc) is 2.50. The smallest absolute Gasteiger partial charge is 0.387 e. The van der Waals surface area contributed by atoms with Gasteiger partial charge in [0.15, 0.2) is 11.5 Å². The third kappa shape index (κ3) is 5.35. The van der Waals surface area contributed by atoms with Crippen LogP contribution in [0.3, 0.4) is 0 Å². The molecule has 0 aromatic heterocycles. The zero-order valence-corrected chi connectivity index (χ0v) is 12.9. The number of nitrogens with one attached hydrogen (secondary N) is 1. The summed E-state index contributed by atoms with van der Waals surface area (Å²) in [4.78, 5) is 11.8. The van der Waals surface area contributed by atoms with Gasteiger partial charge in [-0.2, -0.15) is 8.78 Å². The van der Waals surface area contributed by atoms with E-state index in [4.69, 9.17) is 4.74 Å². The minimum atomic E-state index is -2.97. The molecule has 0 radical (unpaired) electrons. The third-order valence-electron chi connectivity index (χ3n) is 3.18. The molecule has 1 amide bonds. The number of hydrogen-bond acceptors (Lipinski definition) is 3. The van der Waals surface area contributed by atoms with Crippen molar-refractivity contribution in [1.29, 1.82) is 0 Å². The number of hydrogen-bond donors (Lipinski definition) is 1. The van der Waals surface area contributed by atoms with Gasteiger partial charge in [-0.1, -0.05) is 26.0 Å². The van der Waals surface area contributed by atoms with Crippen molar-refractivity contribution in [3.63, 3.8) is 0 Å². The van der Waals surface area contributed by atoms with E-state index in [0.717, 1.165) is 12.8 Å². The zero-order chi connectivity index (χ0) is 16.5. The van der Waals surface area contributed by atoms with Crippen molar-refractivity contribution in [3.8, 4) is 11.5 Å². The number of carbonyl (C=O) groups excluding carboxylic acids is 1. The van der Waals surface area contributed by atoms with Gasteiger partial charge in [0.2, 0.25) is 5.91 Å². The molecule has 0 unspecified atom stereocenters. The van der Waals surface area contributed by atoms with Crippen molar-refractivity contribution in [2.45, 2.75) is 39.3 Å². The topological polar surface area (TPSA) is 47.6 Å². The van der Waals surface area contributed by atoms with Crippen molar-refractivity contribution in [2.24, 2.45) is 0 Å². The molecule has 0 atom stereocenters. The summed E-state index contributed by atoms with van der Waals surface area (Å²) in [7, 11) is 1.36. The third-order valence-corrected chi connectivity index (χ3v) is 3.18. The number of para-hydroxylation sites is 1. The molecule has 0 aliphatic rings. The second kappa shape index (κ2) is 9.02. The summed E-state index contributed by atoms with van der Waals surface area (Å²) in [5, 5.41) is 2.83. The van der Waals surface area contributed by atoms with E-state index in [1.807, 2.05) is 13.8 Å². The van der Waals surface area contributed by atoms with Gasteiger partial charge < -0.3 is 14.8 Å². The molecular weight excluding hydrogens is 292 g/mol. The highest BCUT2D eigenvalue weighted by molar-refractivity contribution is 5.92. The van der Waals surface area contributed by atoms with E-state index >= 15 is 0 Å². The maximum atomic E-state index is 12.5. The first-order valence-electron chi connectivity index (χ1n) is 7.12. The summed E-state index contributed by atoms with van der Waals surface area (Å²) in [6.07, 6.45) is 4.38. The van der Waals surface area contributed by atoms with Gasteiger partial charge in [0.05, 0.1) is 7.11 Å². The van der Waals surface area contributed by atoms with Crippen LogP contribution in [0.25, 0.3) is 6.08 Å². The van der Waals surface area contributed by atoms with E-state index in [2.05, 4.69) is 10.1 Å².